The second kappa shape index (κ2) is 40.0. The highest BCUT2D eigenvalue weighted by molar-refractivity contribution is 5.85. The smallest absolute Gasteiger partial charge is 0.136 e. The van der Waals surface area contributed by atoms with Gasteiger partial charge in [0.15, 0.2) is 0 Å². The molecule has 0 heterocycles. The summed E-state index contributed by atoms with van der Waals surface area (Å²) in [6.07, 6.45) is 25.5. The monoisotopic (exact) mass is 1830 g/mol. The highest BCUT2D eigenvalue weighted by atomic mass is 16.3. The molecule has 16 aliphatic rings. The lowest BCUT2D eigenvalue weighted by molar-refractivity contribution is -0.162. The van der Waals surface area contributed by atoms with E-state index in [1.165, 1.54) is 12.8 Å². The number of carbonyl (C=O) groups is 4. The maximum absolute atomic E-state index is 13.3. The minimum Gasteiger partial charge on any atom is -0.393 e. The Morgan fingerprint density at radius 1 is 0.305 bits per heavy atom. The van der Waals surface area contributed by atoms with Crippen molar-refractivity contribution in [1.82, 2.24) is 0 Å². The van der Waals surface area contributed by atoms with Crippen LogP contribution in [0.4, 0.5) is 0 Å². The lowest BCUT2D eigenvalue weighted by Gasteiger charge is -2.60. The predicted molar refractivity (Wildman–Crippen MR) is 521 cm³/mol. The Kier molecular flexibility index (Phi) is 32.5. The lowest BCUT2D eigenvalue weighted by Crippen LogP contribution is -2.57. The van der Waals surface area contributed by atoms with Crippen LogP contribution in [0.15, 0.2) is 12.2 Å². The molecule has 0 spiro atoms. The number of rotatable bonds is 21. The first-order chi connectivity index (χ1) is 61.0. The fourth-order valence-corrected chi connectivity index (χ4v) is 37.9. The van der Waals surface area contributed by atoms with Gasteiger partial charge in [-0.25, -0.2) is 0 Å². The Labute approximate surface area is 795 Å². The van der Waals surface area contributed by atoms with Crippen molar-refractivity contribution >= 4 is 23.1 Å². The molecular formula is C115H196O16. The van der Waals surface area contributed by atoms with Crippen LogP contribution in [0, 0.1) is 226 Å². The van der Waals surface area contributed by atoms with Gasteiger partial charge in [0.1, 0.15) is 29.2 Å². The van der Waals surface area contributed by atoms with Gasteiger partial charge >= 0.3 is 0 Å². The van der Waals surface area contributed by atoms with Crippen molar-refractivity contribution in [3.8, 4) is 0 Å². The molecule has 47 atom stereocenters. The second-order valence-electron chi connectivity index (χ2n) is 53.9. The van der Waals surface area contributed by atoms with Gasteiger partial charge in [-0.05, 0) is 388 Å². The van der Waals surface area contributed by atoms with Crippen molar-refractivity contribution in [1.29, 1.82) is 0 Å². The molecule has 16 saturated carbocycles. The van der Waals surface area contributed by atoms with E-state index in [2.05, 4.69) is 145 Å². The van der Waals surface area contributed by atoms with Crippen LogP contribution in [0.25, 0.3) is 0 Å². The van der Waals surface area contributed by atoms with Crippen molar-refractivity contribution in [3.05, 3.63) is 12.2 Å². The van der Waals surface area contributed by atoms with Crippen LogP contribution >= 0.6 is 0 Å². The van der Waals surface area contributed by atoms with Crippen LogP contribution in [0.1, 0.15) is 384 Å². The number of aliphatic hydroxyl groups excluding tert-OH is 12. The van der Waals surface area contributed by atoms with E-state index < -0.39 is 48.8 Å². The summed E-state index contributed by atoms with van der Waals surface area (Å²) in [5.41, 5.74) is 1.14. The summed E-state index contributed by atoms with van der Waals surface area (Å²) in [7, 11) is 0. The number of hydrogen-bond acceptors (Lipinski definition) is 16. The molecule has 16 nitrogen and oxygen atoms in total. The summed E-state index contributed by atoms with van der Waals surface area (Å²) < 4.78 is 0. The van der Waals surface area contributed by atoms with Gasteiger partial charge in [-0.15, -0.1) is 0 Å². The maximum atomic E-state index is 13.3. The summed E-state index contributed by atoms with van der Waals surface area (Å²) >= 11 is 0. The van der Waals surface area contributed by atoms with Crippen molar-refractivity contribution in [2.75, 3.05) is 0 Å². The summed E-state index contributed by atoms with van der Waals surface area (Å²) in [6.45, 7) is 56.9. The van der Waals surface area contributed by atoms with Crippen LogP contribution in [-0.2, 0) is 19.2 Å². The van der Waals surface area contributed by atoms with E-state index in [-0.39, 0.29) is 138 Å². The molecule has 16 aliphatic carbocycles. The molecule has 0 radical (unpaired) electrons. The fraction of sp³-hybridized carbons (Fsp3) is 0.948. The second-order valence-corrected chi connectivity index (χ2v) is 53.9. The van der Waals surface area contributed by atoms with E-state index in [1.807, 2.05) is 27.7 Å². The van der Waals surface area contributed by atoms with Gasteiger partial charge in [0.05, 0.1) is 67.1 Å². The predicted octanol–water partition coefficient (Wildman–Crippen LogP) is 20.4. The van der Waals surface area contributed by atoms with Crippen LogP contribution in [0.2, 0.25) is 0 Å². The number of ketones is 4. The number of aliphatic hydroxyl groups is 12. The van der Waals surface area contributed by atoms with Crippen LogP contribution < -0.4 is 0 Å². The zero-order valence-corrected chi connectivity index (χ0v) is 87.0. The molecular weight excluding hydrogens is 1640 g/mol. The fourth-order valence-electron chi connectivity index (χ4n) is 37.9. The Balaban J connectivity index is 0.000000149. The third-order valence-corrected chi connectivity index (χ3v) is 46.5. The van der Waals surface area contributed by atoms with Crippen LogP contribution in [-0.4, -0.2) is 158 Å². The van der Waals surface area contributed by atoms with E-state index in [0.717, 1.165) is 154 Å². The molecule has 0 aromatic heterocycles. The Morgan fingerprint density at radius 2 is 0.519 bits per heavy atom. The molecule has 0 aromatic carbocycles. The summed E-state index contributed by atoms with van der Waals surface area (Å²) in [4.78, 5) is 53.3. The third kappa shape index (κ3) is 18.9. The molecule has 752 valence electrons. The molecule has 16 fully saturated rings. The van der Waals surface area contributed by atoms with Crippen molar-refractivity contribution in [3.63, 3.8) is 0 Å². The highest BCUT2D eigenvalue weighted by Gasteiger charge is 2.69. The zero-order chi connectivity index (χ0) is 96.7. The summed E-state index contributed by atoms with van der Waals surface area (Å²) in [5.74, 6) is 11.0. The average molecular weight is 1830 g/mol. The molecule has 131 heavy (non-hydrogen) atoms. The first kappa shape index (κ1) is 106. The van der Waals surface area contributed by atoms with Gasteiger partial charge in [0, 0.05) is 49.4 Å². The minimum atomic E-state index is -0.913. The molecule has 12 N–H and O–H groups in total. The van der Waals surface area contributed by atoms with Gasteiger partial charge in [0.25, 0.3) is 0 Å². The molecule has 16 rings (SSSR count). The molecule has 0 amide bonds. The van der Waals surface area contributed by atoms with Crippen LogP contribution in [0.3, 0.4) is 0 Å². The van der Waals surface area contributed by atoms with Crippen molar-refractivity contribution in [2.45, 2.75) is 458 Å². The summed E-state index contributed by atoms with van der Waals surface area (Å²) in [6, 6.07) is 0. The van der Waals surface area contributed by atoms with Gasteiger partial charge in [0.2, 0.25) is 0 Å². The van der Waals surface area contributed by atoms with Gasteiger partial charge in [-0.3, -0.25) is 19.2 Å². The highest BCUT2D eigenvalue weighted by Crippen LogP contribution is 2.74. The van der Waals surface area contributed by atoms with Crippen molar-refractivity contribution in [2.24, 2.45) is 226 Å². The standard InChI is InChI=1S/C29H48O4.2C29H50O4.C28H48O4/c1-16(25(32)26(33)17(2)27(3,4)5)20-8-9-21-19-15-24(31)23-14-18(30)10-12-29(23,7)22(19)11-13-28(20,21)6;2*1-7-19(16(2)3)27(33)26(32)17(4)21-8-9-22-20-15-25(31)24-14-18(30)10-12-29(24,6)23(20)11-13-28(21,22)5;1-15(2)16(3)25(31)26(32)17(4)20-7-8-21-19-14-24(30)23-13-18(29)9-11-28(23,6)22(19)10-12-27(20,21)5/h16,18-23,25-26,30,32-33H,2,8-15H2,1,3-7H3;2*16-24,26-27,30,32-33H,7-15H2,1-6H3;15-23,25-26,29,31-32H,7-14H2,1-6H3/t16-,18+,19?,20+,21?,22?,23?,25+,26+,28+,29+;17-,18+,19-,20?,21+,22?,23?,24?,26+,27+,28+,29+;17-,18-,19-,20?,21+,22?,23?,24?,26+,27+,28+,29+;16-,17-,18-,19?,20+,21?,22?,23?,25+,26+,27+,28+/m0000/s1. The molecule has 0 saturated heterocycles. The molecule has 0 aromatic rings. The van der Waals surface area contributed by atoms with Gasteiger partial charge in [-0.1, -0.05) is 186 Å². The topological polar surface area (TPSA) is 311 Å². The van der Waals surface area contributed by atoms with E-state index in [9.17, 15) is 80.5 Å². The van der Waals surface area contributed by atoms with E-state index >= 15 is 0 Å². The molecule has 0 aliphatic heterocycles. The maximum Gasteiger partial charge on any atom is 0.136 e. The lowest BCUT2D eigenvalue weighted by atomic mass is 9.44. The Hall–Kier alpha value is -2.06. The third-order valence-electron chi connectivity index (χ3n) is 46.5. The van der Waals surface area contributed by atoms with Crippen LogP contribution in [0.5, 0.6) is 0 Å². The summed E-state index contributed by atoms with van der Waals surface area (Å²) in [5, 5.41) is 130. The minimum absolute atomic E-state index is 0.0156. The quantitative estimate of drug-likeness (QED) is 0.0475. The van der Waals surface area contributed by atoms with Gasteiger partial charge < -0.3 is 61.3 Å². The van der Waals surface area contributed by atoms with E-state index in [4.69, 9.17) is 0 Å². The number of fused-ring (bicyclic) bond motifs is 20. The Morgan fingerprint density at radius 3 is 0.733 bits per heavy atom. The molecule has 16 unspecified atom stereocenters. The Bertz CT molecular complexity index is 3780. The number of Topliss-reactive ketones (excluding diaryl/α,β-unsaturated/α-hetero) is 4. The molecule has 16 heteroatoms. The van der Waals surface area contributed by atoms with Gasteiger partial charge in [-0.2, -0.15) is 0 Å². The van der Waals surface area contributed by atoms with E-state index in [0.29, 0.717) is 193 Å². The first-order valence-corrected chi connectivity index (χ1v) is 55.0. The molecule has 0 bridgehead atoms. The SMILES string of the molecule is C=C([C@@H](O)[C@H](O)[C@@H](C)[C@H]1CCC2C3CC(=O)C4C[C@H](O)CC[C@]4(C)C3CC[C@@]21C)C(C)(C)C.CC(C)[C@H](C)[C@@H](O)[C@H](O)[C@@H](C)[C@H]1CCC2C3CC(=O)C4C[C@@H](O)CC[C@]4(C)C3CC[C@@]21C.CC[C@@H](C(C)C)[C@@H](O)[C@H](O)[C@@H](C)[C@H]1CCC2C3CC(=O)C4C[C@@H](O)CC[C@]4(C)C3CC[C@@]21C.CC[C@@H](C(C)C)[C@@H](O)[C@H](O)[C@@H](C)[C@H]1CCC2C3CC(=O)C4C[C@H](O)CC[C@]4(C)C3CC[C@@]21C. The number of hydrogen-bond donors (Lipinski definition) is 12. The first-order valence-electron chi connectivity index (χ1n) is 55.0. The largest absolute Gasteiger partial charge is 0.393 e. The van der Waals surface area contributed by atoms with Crippen molar-refractivity contribution < 1.29 is 80.5 Å². The zero-order valence-electron chi connectivity index (χ0n) is 87.0. The average Bonchev–Trinajstić information content (AvgIpc) is 1.71. The normalized spacial score (nSPS) is 46.9. The number of carbonyl (C=O) groups excluding carboxylic acids is 4. The van der Waals surface area contributed by atoms with E-state index in [1.54, 1.807) is 0 Å².